The maximum atomic E-state index is 14.3. The van der Waals surface area contributed by atoms with Gasteiger partial charge in [-0.25, -0.2) is 9.37 Å². The fourth-order valence-electron chi connectivity index (χ4n) is 2.90. The van der Waals surface area contributed by atoms with Crippen molar-refractivity contribution in [1.29, 1.82) is 0 Å². The van der Waals surface area contributed by atoms with Crippen molar-refractivity contribution in [3.8, 4) is 5.88 Å². The van der Waals surface area contributed by atoms with E-state index >= 15 is 0 Å². The van der Waals surface area contributed by atoms with Gasteiger partial charge < -0.3 is 14.4 Å². The number of nitrogens with zero attached hydrogens (tertiary/aromatic N) is 2. The number of rotatable bonds is 4. The number of carbonyl (C=O) groups is 1. The number of hydrogen-bond acceptors (Lipinski definition) is 4. The minimum atomic E-state index is -4.83. The summed E-state index contributed by atoms with van der Waals surface area (Å²) >= 11 is 5.53. The standard InChI is InChI=1S/C19H14ClF7N2O3/c20-14-6-11(19(25,26)27)5-13(16(14)21)17(30)29-3-4-31-12(8-29)9-32-15-2-1-10(7-28-15)18(22,23)24/h1-2,5-7,12H,3-4,8-9H2. The Labute approximate surface area is 181 Å². The quantitative estimate of drug-likeness (QED) is 0.581. The smallest absolute Gasteiger partial charge is 0.417 e. The Morgan fingerprint density at radius 3 is 2.44 bits per heavy atom. The predicted molar refractivity (Wildman–Crippen MR) is 96.8 cm³/mol. The highest BCUT2D eigenvalue weighted by Gasteiger charge is 2.35. The fraction of sp³-hybridized carbons (Fsp3) is 0.368. The summed E-state index contributed by atoms with van der Waals surface area (Å²) < 4.78 is 102. The molecule has 0 bridgehead atoms. The Hall–Kier alpha value is -2.60. The van der Waals surface area contributed by atoms with Gasteiger partial charge >= 0.3 is 12.4 Å². The predicted octanol–water partition coefficient (Wildman–Crippen LogP) is 4.83. The number of morpholine rings is 1. The molecule has 0 aliphatic carbocycles. The van der Waals surface area contributed by atoms with Gasteiger partial charge in [-0.15, -0.1) is 0 Å². The molecule has 1 aromatic heterocycles. The van der Waals surface area contributed by atoms with E-state index in [1.165, 1.54) is 0 Å². The molecule has 1 aliphatic rings. The van der Waals surface area contributed by atoms with Gasteiger partial charge in [0.05, 0.1) is 34.9 Å². The molecule has 1 aliphatic heterocycles. The zero-order chi connectivity index (χ0) is 23.7. The summed E-state index contributed by atoms with van der Waals surface area (Å²) in [6.45, 7) is -0.420. The summed E-state index contributed by atoms with van der Waals surface area (Å²) in [6, 6.07) is 2.56. The molecule has 1 aromatic carbocycles. The van der Waals surface area contributed by atoms with Crippen LogP contribution in [0.15, 0.2) is 30.5 Å². The lowest BCUT2D eigenvalue weighted by Gasteiger charge is -2.33. The summed E-state index contributed by atoms with van der Waals surface area (Å²) in [5.74, 6) is -2.42. The summed E-state index contributed by atoms with van der Waals surface area (Å²) in [5.41, 5.74) is -3.07. The van der Waals surface area contributed by atoms with E-state index in [0.717, 1.165) is 17.0 Å². The molecule has 3 rings (SSSR count). The van der Waals surface area contributed by atoms with Crippen LogP contribution in [-0.2, 0) is 17.1 Å². The second-order valence-corrected chi connectivity index (χ2v) is 7.16. The molecule has 1 amide bonds. The normalized spacial score (nSPS) is 17.4. The average Bonchev–Trinajstić information content (AvgIpc) is 2.72. The van der Waals surface area contributed by atoms with Crippen molar-refractivity contribution in [3.05, 3.63) is 58.0 Å². The van der Waals surface area contributed by atoms with E-state index in [4.69, 9.17) is 21.1 Å². The number of alkyl halides is 6. The fourth-order valence-corrected chi connectivity index (χ4v) is 3.11. The Bertz CT molecular complexity index is 981. The molecule has 174 valence electrons. The number of hydrogen-bond donors (Lipinski definition) is 0. The third-order valence-corrected chi connectivity index (χ3v) is 4.77. The SMILES string of the molecule is O=C(c1cc(C(F)(F)F)cc(Cl)c1F)N1CCOC(COc2ccc(C(F)(F)F)cn2)C1. The van der Waals surface area contributed by atoms with Crippen LogP contribution >= 0.6 is 11.6 Å². The van der Waals surface area contributed by atoms with Gasteiger partial charge in [0.1, 0.15) is 12.7 Å². The summed E-state index contributed by atoms with van der Waals surface area (Å²) in [5, 5.41) is -0.843. The van der Waals surface area contributed by atoms with Gasteiger partial charge in [0.25, 0.3) is 5.91 Å². The Balaban J connectivity index is 1.67. The second kappa shape index (κ2) is 9.10. The van der Waals surface area contributed by atoms with Crippen LogP contribution in [0.5, 0.6) is 5.88 Å². The minimum Gasteiger partial charge on any atom is -0.475 e. The van der Waals surface area contributed by atoms with Gasteiger partial charge in [0.15, 0.2) is 5.82 Å². The molecule has 2 heterocycles. The summed E-state index contributed by atoms with van der Waals surface area (Å²) in [7, 11) is 0. The second-order valence-electron chi connectivity index (χ2n) is 6.76. The molecule has 0 N–H and O–H groups in total. The van der Waals surface area contributed by atoms with E-state index in [1.54, 1.807) is 0 Å². The van der Waals surface area contributed by atoms with Crippen molar-refractivity contribution < 1.29 is 45.0 Å². The number of benzene rings is 1. The number of amides is 1. The molecule has 0 saturated carbocycles. The lowest BCUT2D eigenvalue weighted by Crippen LogP contribution is -2.47. The van der Waals surface area contributed by atoms with Crippen LogP contribution in [0.2, 0.25) is 5.02 Å². The van der Waals surface area contributed by atoms with Gasteiger partial charge in [0.2, 0.25) is 5.88 Å². The van der Waals surface area contributed by atoms with Crippen molar-refractivity contribution in [2.75, 3.05) is 26.3 Å². The lowest BCUT2D eigenvalue weighted by atomic mass is 10.1. The van der Waals surface area contributed by atoms with E-state index in [-0.39, 0.29) is 32.2 Å². The zero-order valence-corrected chi connectivity index (χ0v) is 16.7. The van der Waals surface area contributed by atoms with Gasteiger partial charge in [-0.05, 0) is 18.2 Å². The highest BCUT2D eigenvalue weighted by atomic mass is 35.5. The maximum absolute atomic E-state index is 14.3. The number of pyridine rings is 1. The molecular formula is C19H14ClF7N2O3. The molecule has 32 heavy (non-hydrogen) atoms. The van der Waals surface area contributed by atoms with Crippen molar-refractivity contribution in [1.82, 2.24) is 9.88 Å². The number of carbonyl (C=O) groups excluding carboxylic acids is 1. The molecule has 13 heteroatoms. The van der Waals surface area contributed by atoms with Crippen LogP contribution in [0, 0.1) is 5.82 Å². The lowest BCUT2D eigenvalue weighted by molar-refractivity contribution is -0.138. The minimum absolute atomic E-state index is 0.0193. The van der Waals surface area contributed by atoms with Gasteiger partial charge in [0, 0.05) is 18.8 Å². The molecule has 1 unspecified atom stereocenters. The van der Waals surface area contributed by atoms with Crippen molar-refractivity contribution in [3.63, 3.8) is 0 Å². The summed E-state index contributed by atoms with van der Waals surface area (Å²) in [4.78, 5) is 17.3. The molecule has 1 atom stereocenters. The zero-order valence-electron chi connectivity index (χ0n) is 15.9. The van der Waals surface area contributed by atoms with Gasteiger partial charge in [-0.1, -0.05) is 11.6 Å². The number of halogens is 8. The molecule has 2 aromatic rings. The third-order valence-electron chi connectivity index (χ3n) is 4.49. The molecular weight excluding hydrogens is 473 g/mol. The Kier molecular flexibility index (Phi) is 6.84. The molecule has 0 spiro atoms. The van der Waals surface area contributed by atoms with E-state index in [9.17, 15) is 35.5 Å². The van der Waals surface area contributed by atoms with Crippen LogP contribution in [0.25, 0.3) is 0 Å². The van der Waals surface area contributed by atoms with Crippen molar-refractivity contribution in [2.24, 2.45) is 0 Å². The van der Waals surface area contributed by atoms with Crippen molar-refractivity contribution in [2.45, 2.75) is 18.5 Å². The average molecular weight is 487 g/mol. The first kappa shape index (κ1) is 24.1. The molecule has 5 nitrogen and oxygen atoms in total. The van der Waals surface area contributed by atoms with Gasteiger partial charge in [-0.2, -0.15) is 26.3 Å². The first-order valence-corrected chi connectivity index (χ1v) is 9.37. The Morgan fingerprint density at radius 1 is 1.16 bits per heavy atom. The van der Waals surface area contributed by atoms with Crippen LogP contribution in [0.1, 0.15) is 21.5 Å². The monoisotopic (exact) mass is 486 g/mol. The molecule has 1 saturated heterocycles. The number of aromatic nitrogens is 1. The third kappa shape index (κ3) is 5.60. The molecule has 0 radical (unpaired) electrons. The number of ether oxygens (including phenoxy) is 2. The largest absolute Gasteiger partial charge is 0.475 e. The highest BCUT2D eigenvalue weighted by molar-refractivity contribution is 6.31. The van der Waals surface area contributed by atoms with E-state index in [0.29, 0.717) is 18.3 Å². The first-order valence-electron chi connectivity index (χ1n) is 8.99. The van der Waals surface area contributed by atoms with Crippen LogP contribution < -0.4 is 4.74 Å². The van der Waals surface area contributed by atoms with Crippen molar-refractivity contribution >= 4 is 17.5 Å². The van der Waals surface area contributed by atoms with Crippen LogP contribution in [-0.4, -0.2) is 48.2 Å². The van der Waals surface area contributed by atoms with Crippen LogP contribution in [0.3, 0.4) is 0 Å². The topological polar surface area (TPSA) is 51.7 Å². The van der Waals surface area contributed by atoms with E-state index in [1.807, 2.05) is 0 Å². The van der Waals surface area contributed by atoms with Gasteiger partial charge in [-0.3, -0.25) is 4.79 Å². The van der Waals surface area contributed by atoms with E-state index < -0.39 is 51.9 Å². The summed E-state index contributed by atoms with van der Waals surface area (Å²) in [6.07, 6.45) is -9.57. The first-order chi connectivity index (χ1) is 14.9. The highest BCUT2D eigenvalue weighted by Crippen LogP contribution is 2.34. The van der Waals surface area contributed by atoms with Crippen LogP contribution in [0.4, 0.5) is 30.7 Å². The maximum Gasteiger partial charge on any atom is 0.417 e. The molecule has 1 fully saturated rings. The van der Waals surface area contributed by atoms with E-state index in [2.05, 4.69) is 4.98 Å². The Morgan fingerprint density at radius 2 is 1.84 bits per heavy atom.